The van der Waals surface area contributed by atoms with Crippen LogP contribution in [0.25, 0.3) is 0 Å². The number of carbonyl (C=O) groups excluding carboxylic acids is 2. The van der Waals surface area contributed by atoms with Crippen LogP contribution in [0.1, 0.15) is 19.8 Å². The van der Waals surface area contributed by atoms with E-state index in [-0.39, 0.29) is 31.0 Å². The maximum Gasteiger partial charge on any atom is 0.241 e. The van der Waals surface area contributed by atoms with Gasteiger partial charge >= 0.3 is 0 Å². The van der Waals surface area contributed by atoms with E-state index in [0.717, 1.165) is 12.8 Å². The lowest BCUT2D eigenvalue weighted by Gasteiger charge is -2.31. The Hall–Kier alpha value is -1.14. The van der Waals surface area contributed by atoms with Crippen molar-refractivity contribution in [2.45, 2.75) is 25.9 Å². The quantitative estimate of drug-likeness (QED) is 0.654. The summed E-state index contributed by atoms with van der Waals surface area (Å²) in [5.74, 6) is -0.357. The highest BCUT2D eigenvalue weighted by atomic mass is 16.5. The van der Waals surface area contributed by atoms with Crippen molar-refractivity contribution in [2.24, 2.45) is 5.73 Å². The van der Waals surface area contributed by atoms with E-state index in [1.165, 1.54) is 0 Å². The van der Waals surface area contributed by atoms with E-state index >= 15 is 0 Å². The largest absolute Gasteiger partial charge is 0.378 e. The minimum Gasteiger partial charge on any atom is -0.378 e. The summed E-state index contributed by atoms with van der Waals surface area (Å²) >= 11 is 0. The summed E-state index contributed by atoms with van der Waals surface area (Å²) < 4.78 is 5.50. The van der Waals surface area contributed by atoms with Crippen LogP contribution in [0.3, 0.4) is 0 Å². The van der Waals surface area contributed by atoms with Crippen LogP contribution in [0.2, 0.25) is 0 Å². The van der Waals surface area contributed by atoms with E-state index in [1.54, 1.807) is 4.90 Å². The summed E-state index contributed by atoms with van der Waals surface area (Å²) in [5.41, 5.74) is 5.13. The van der Waals surface area contributed by atoms with Gasteiger partial charge in [0.2, 0.25) is 11.8 Å². The van der Waals surface area contributed by atoms with Gasteiger partial charge in [-0.3, -0.25) is 9.59 Å². The molecule has 6 nitrogen and oxygen atoms in total. The monoisotopic (exact) mass is 243 g/mol. The van der Waals surface area contributed by atoms with Gasteiger partial charge in [0, 0.05) is 19.7 Å². The number of hydrogen-bond acceptors (Lipinski definition) is 4. The molecule has 1 aliphatic heterocycles. The average molecular weight is 243 g/mol. The number of carbonyl (C=O) groups is 2. The third kappa shape index (κ3) is 4.70. The summed E-state index contributed by atoms with van der Waals surface area (Å²) in [7, 11) is 0. The first-order valence-electron chi connectivity index (χ1n) is 6.03. The van der Waals surface area contributed by atoms with Gasteiger partial charge in [-0.1, -0.05) is 0 Å². The Morgan fingerprint density at radius 2 is 2.06 bits per heavy atom. The molecule has 1 fully saturated rings. The van der Waals surface area contributed by atoms with Crippen LogP contribution in [0.15, 0.2) is 0 Å². The van der Waals surface area contributed by atoms with Gasteiger partial charge < -0.3 is 20.7 Å². The number of amides is 2. The minimum absolute atomic E-state index is 0.0370. The summed E-state index contributed by atoms with van der Waals surface area (Å²) in [6.07, 6.45) is 2.00. The van der Waals surface area contributed by atoms with Crippen LogP contribution in [0.4, 0.5) is 0 Å². The van der Waals surface area contributed by atoms with E-state index in [4.69, 9.17) is 10.5 Å². The molecule has 6 heteroatoms. The Morgan fingerprint density at radius 3 is 2.59 bits per heavy atom. The van der Waals surface area contributed by atoms with Gasteiger partial charge in [-0.25, -0.2) is 0 Å². The van der Waals surface area contributed by atoms with Crippen LogP contribution in [0, 0.1) is 0 Å². The van der Waals surface area contributed by atoms with Crippen molar-refractivity contribution in [3.63, 3.8) is 0 Å². The number of rotatable bonds is 5. The topological polar surface area (TPSA) is 84.7 Å². The molecule has 0 saturated carbocycles. The number of likely N-dealkylation sites (tertiary alicyclic amines) is 1. The Bertz CT molecular complexity index is 263. The zero-order valence-corrected chi connectivity index (χ0v) is 10.3. The number of nitrogens with one attached hydrogen (secondary N) is 1. The molecule has 0 atom stereocenters. The molecular formula is C11H21N3O3. The number of hydrogen-bond donors (Lipinski definition) is 2. The molecule has 0 unspecified atom stereocenters. The van der Waals surface area contributed by atoms with Crippen LogP contribution in [-0.2, 0) is 14.3 Å². The van der Waals surface area contributed by atoms with E-state index in [0.29, 0.717) is 19.7 Å². The SMILES string of the molecule is CCOC1CCN(C(=O)CNC(=O)CN)CC1. The molecule has 0 aromatic carbocycles. The second-order valence-corrected chi connectivity index (χ2v) is 4.02. The maximum absolute atomic E-state index is 11.7. The van der Waals surface area contributed by atoms with Crippen molar-refractivity contribution in [1.82, 2.24) is 10.2 Å². The molecule has 0 aromatic rings. The highest BCUT2D eigenvalue weighted by molar-refractivity contribution is 5.85. The second-order valence-electron chi connectivity index (χ2n) is 4.02. The summed E-state index contributed by atoms with van der Waals surface area (Å²) in [5, 5.41) is 2.48. The zero-order valence-electron chi connectivity index (χ0n) is 10.3. The van der Waals surface area contributed by atoms with Crippen molar-refractivity contribution in [3.05, 3.63) is 0 Å². The van der Waals surface area contributed by atoms with Crippen LogP contribution in [0.5, 0.6) is 0 Å². The highest BCUT2D eigenvalue weighted by Crippen LogP contribution is 2.13. The van der Waals surface area contributed by atoms with Crippen molar-refractivity contribution >= 4 is 11.8 Å². The number of ether oxygens (including phenoxy) is 1. The predicted molar refractivity (Wildman–Crippen MR) is 63.3 cm³/mol. The Kier molecular flexibility index (Phi) is 5.93. The Balaban J connectivity index is 2.23. The molecule has 3 N–H and O–H groups in total. The normalized spacial score (nSPS) is 16.9. The lowest BCUT2D eigenvalue weighted by molar-refractivity contribution is -0.134. The van der Waals surface area contributed by atoms with Gasteiger partial charge in [0.15, 0.2) is 0 Å². The van der Waals surface area contributed by atoms with Gasteiger partial charge in [-0.05, 0) is 19.8 Å². The van der Waals surface area contributed by atoms with Crippen LogP contribution < -0.4 is 11.1 Å². The average Bonchev–Trinajstić information content (AvgIpc) is 2.36. The first-order chi connectivity index (χ1) is 8.17. The molecule has 98 valence electrons. The van der Waals surface area contributed by atoms with E-state index in [9.17, 15) is 9.59 Å². The number of nitrogens with two attached hydrogens (primary N) is 1. The van der Waals surface area contributed by atoms with E-state index < -0.39 is 0 Å². The molecule has 1 rings (SSSR count). The first-order valence-corrected chi connectivity index (χ1v) is 6.03. The van der Waals surface area contributed by atoms with Gasteiger partial charge in [-0.2, -0.15) is 0 Å². The summed E-state index contributed by atoms with van der Waals surface area (Å²) in [6.45, 7) is 4.03. The molecule has 1 saturated heterocycles. The van der Waals surface area contributed by atoms with Crippen LogP contribution in [-0.4, -0.2) is 55.6 Å². The third-order valence-electron chi connectivity index (χ3n) is 2.82. The molecule has 17 heavy (non-hydrogen) atoms. The molecule has 1 heterocycles. The standard InChI is InChI=1S/C11H21N3O3/c1-2-17-9-3-5-14(6-4-9)11(16)8-13-10(15)7-12/h9H,2-8,12H2,1H3,(H,13,15). The first kappa shape index (κ1) is 13.9. The summed E-state index contributed by atoms with van der Waals surface area (Å²) in [4.78, 5) is 24.4. The molecule has 0 radical (unpaired) electrons. The molecule has 0 bridgehead atoms. The fourth-order valence-corrected chi connectivity index (χ4v) is 1.87. The lowest BCUT2D eigenvalue weighted by Crippen LogP contribution is -2.46. The fraction of sp³-hybridized carbons (Fsp3) is 0.818. The fourth-order valence-electron chi connectivity index (χ4n) is 1.87. The molecule has 0 spiro atoms. The lowest BCUT2D eigenvalue weighted by atomic mass is 10.1. The second kappa shape index (κ2) is 7.24. The molecule has 2 amide bonds. The Labute approximate surface area is 101 Å². The molecule has 0 aliphatic carbocycles. The van der Waals surface area contributed by atoms with Gasteiger partial charge in [-0.15, -0.1) is 0 Å². The van der Waals surface area contributed by atoms with Crippen molar-refractivity contribution < 1.29 is 14.3 Å². The maximum atomic E-state index is 11.7. The third-order valence-corrected chi connectivity index (χ3v) is 2.82. The summed E-state index contributed by atoms with van der Waals surface area (Å²) in [6, 6.07) is 0. The smallest absolute Gasteiger partial charge is 0.241 e. The van der Waals surface area contributed by atoms with Gasteiger partial charge in [0.05, 0.1) is 19.2 Å². The zero-order chi connectivity index (χ0) is 12.7. The number of nitrogens with zero attached hydrogens (tertiary/aromatic N) is 1. The number of piperidine rings is 1. The van der Waals surface area contributed by atoms with Crippen molar-refractivity contribution in [1.29, 1.82) is 0 Å². The van der Waals surface area contributed by atoms with Gasteiger partial charge in [0.1, 0.15) is 0 Å². The molecule has 1 aliphatic rings. The predicted octanol–water partition coefficient (Wildman–Crippen LogP) is -0.911. The minimum atomic E-state index is -0.303. The molecular weight excluding hydrogens is 222 g/mol. The van der Waals surface area contributed by atoms with E-state index in [1.807, 2.05) is 6.92 Å². The van der Waals surface area contributed by atoms with E-state index in [2.05, 4.69) is 5.32 Å². The van der Waals surface area contributed by atoms with Crippen molar-refractivity contribution in [3.8, 4) is 0 Å². The highest BCUT2D eigenvalue weighted by Gasteiger charge is 2.22. The molecule has 0 aromatic heterocycles. The van der Waals surface area contributed by atoms with Crippen LogP contribution >= 0.6 is 0 Å². The Morgan fingerprint density at radius 1 is 1.41 bits per heavy atom. The van der Waals surface area contributed by atoms with Gasteiger partial charge in [0.25, 0.3) is 0 Å². The van der Waals surface area contributed by atoms with Crippen molar-refractivity contribution in [2.75, 3.05) is 32.8 Å².